The fraction of sp³-hybridized carbons (Fsp3) is 0.278. The smallest absolute Gasteiger partial charge is 0.180 e. The van der Waals surface area contributed by atoms with Crippen LogP contribution in [-0.2, 0) is 0 Å². The highest BCUT2D eigenvalue weighted by molar-refractivity contribution is 5.71. The van der Waals surface area contributed by atoms with E-state index in [-0.39, 0.29) is 0 Å². The van der Waals surface area contributed by atoms with Gasteiger partial charge in [-0.15, -0.1) is 0 Å². The average Bonchev–Trinajstić information content (AvgIpc) is 3.30. The van der Waals surface area contributed by atoms with Crippen molar-refractivity contribution in [1.29, 1.82) is 0 Å². The summed E-state index contributed by atoms with van der Waals surface area (Å²) in [5.74, 6) is 2.29. The van der Waals surface area contributed by atoms with Crippen LogP contribution in [-0.4, -0.2) is 15.0 Å². The molecule has 1 aromatic carbocycles. The minimum Gasteiger partial charge on any atom is -0.363 e. The molecule has 0 radical (unpaired) electrons. The zero-order valence-corrected chi connectivity index (χ0v) is 12.5. The predicted molar refractivity (Wildman–Crippen MR) is 87.4 cm³/mol. The molecular formula is C18H18N4. The summed E-state index contributed by atoms with van der Waals surface area (Å²) in [6.45, 7) is 2.31. The number of hydrogen-bond donors (Lipinski definition) is 1. The Bertz CT molecular complexity index is 787. The number of benzene rings is 1. The van der Waals surface area contributed by atoms with E-state index in [4.69, 9.17) is 0 Å². The molecule has 0 amide bonds. The normalized spacial score (nSPS) is 21.5. The third kappa shape index (κ3) is 2.52. The summed E-state index contributed by atoms with van der Waals surface area (Å²) in [6.07, 6.45) is 4.63. The minimum atomic E-state index is 0.304. The average molecular weight is 290 g/mol. The Labute approximate surface area is 129 Å². The van der Waals surface area contributed by atoms with Gasteiger partial charge in [0.15, 0.2) is 5.65 Å². The second-order valence-electron chi connectivity index (χ2n) is 6.01. The molecule has 0 spiro atoms. The molecule has 4 rings (SSSR count). The van der Waals surface area contributed by atoms with Crippen LogP contribution < -0.4 is 5.32 Å². The molecule has 110 valence electrons. The van der Waals surface area contributed by atoms with Crippen molar-refractivity contribution in [1.82, 2.24) is 15.0 Å². The first kappa shape index (κ1) is 13.2. The number of hydrogen-bond acceptors (Lipinski definition) is 4. The topological polar surface area (TPSA) is 50.7 Å². The zero-order valence-electron chi connectivity index (χ0n) is 12.5. The number of nitrogens with zero attached hydrogens (tertiary/aromatic N) is 3. The van der Waals surface area contributed by atoms with Crippen LogP contribution in [0.5, 0.6) is 0 Å². The molecule has 1 saturated carbocycles. The van der Waals surface area contributed by atoms with Crippen LogP contribution in [0.1, 0.15) is 24.9 Å². The van der Waals surface area contributed by atoms with Crippen molar-refractivity contribution in [3.05, 3.63) is 60.4 Å². The van der Waals surface area contributed by atoms with Crippen molar-refractivity contribution in [2.45, 2.75) is 19.4 Å². The predicted octanol–water partition coefficient (Wildman–Crippen LogP) is 3.83. The molecule has 1 aliphatic carbocycles. The van der Waals surface area contributed by atoms with Gasteiger partial charge in [-0.1, -0.05) is 37.3 Å². The molecule has 3 aromatic rings. The fourth-order valence-corrected chi connectivity index (χ4v) is 3.01. The first-order valence-electron chi connectivity index (χ1n) is 7.70. The zero-order chi connectivity index (χ0) is 14.9. The van der Waals surface area contributed by atoms with E-state index in [1.807, 2.05) is 12.1 Å². The maximum Gasteiger partial charge on any atom is 0.180 e. The van der Waals surface area contributed by atoms with Crippen molar-refractivity contribution in [3.8, 4) is 0 Å². The molecule has 4 nitrogen and oxygen atoms in total. The first-order chi connectivity index (χ1) is 10.8. The summed E-state index contributed by atoms with van der Waals surface area (Å²) in [7, 11) is 0. The lowest BCUT2D eigenvalue weighted by atomic mass is 10.0. The molecule has 0 saturated heterocycles. The van der Waals surface area contributed by atoms with Crippen LogP contribution in [0.2, 0.25) is 0 Å². The lowest BCUT2D eigenvalue weighted by molar-refractivity contribution is 0.629. The molecule has 0 bridgehead atoms. The van der Waals surface area contributed by atoms with E-state index in [1.165, 1.54) is 12.0 Å². The molecule has 1 aliphatic rings. The lowest BCUT2D eigenvalue weighted by Crippen LogP contribution is -2.14. The molecule has 3 atom stereocenters. The van der Waals surface area contributed by atoms with Crippen molar-refractivity contribution in [3.63, 3.8) is 0 Å². The maximum absolute atomic E-state index is 4.59. The van der Waals surface area contributed by atoms with Gasteiger partial charge in [0, 0.05) is 12.4 Å². The van der Waals surface area contributed by atoms with Crippen LogP contribution in [0.4, 0.5) is 5.82 Å². The highest BCUT2D eigenvalue weighted by atomic mass is 15.1. The Balaban J connectivity index is 1.65. The third-order valence-electron chi connectivity index (χ3n) is 4.39. The van der Waals surface area contributed by atoms with Crippen molar-refractivity contribution >= 4 is 17.0 Å². The molecule has 3 unspecified atom stereocenters. The van der Waals surface area contributed by atoms with E-state index in [2.05, 4.69) is 57.5 Å². The summed E-state index contributed by atoms with van der Waals surface area (Å²) in [5.41, 5.74) is 2.82. The van der Waals surface area contributed by atoms with E-state index < -0.39 is 0 Å². The summed E-state index contributed by atoms with van der Waals surface area (Å²) >= 11 is 0. The Morgan fingerprint density at radius 1 is 1.05 bits per heavy atom. The van der Waals surface area contributed by atoms with E-state index >= 15 is 0 Å². The van der Waals surface area contributed by atoms with Crippen LogP contribution in [0.15, 0.2) is 54.9 Å². The number of pyridine rings is 1. The van der Waals surface area contributed by atoms with Gasteiger partial charge in [-0.3, -0.25) is 4.98 Å². The largest absolute Gasteiger partial charge is 0.363 e. The van der Waals surface area contributed by atoms with Gasteiger partial charge in [-0.25, -0.2) is 9.97 Å². The van der Waals surface area contributed by atoms with E-state index in [0.29, 0.717) is 17.6 Å². The second kappa shape index (κ2) is 5.37. The summed E-state index contributed by atoms with van der Waals surface area (Å²) < 4.78 is 0. The minimum absolute atomic E-state index is 0.304. The molecule has 4 heteroatoms. The van der Waals surface area contributed by atoms with Crippen molar-refractivity contribution < 1.29 is 0 Å². The van der Waals surface area contributed by atoms with Crippen LogP contribution >= 0.6 is 0 Å². The molecule has 22 heavy (non-hydrogen) atoms. The molecular weight excluding hydrogens is 272 g/mol. The number of nitrogens with one attached hydrogen (secondary N) is 1. The Morgan fingerprint density at radius 2 is 1.82 bits per heavy atom. The maximum atomic E-state index is 4.59. The van der Waals surface area contributed by atoms with Crippen LogP contribution in [0.25, 0.3) is 11.2 Å². The van der Waals surface area contributed by atoms with E-state index in [9.17, 15) is 0 Å². The Kier molecular flexibility index (Phi) is 3.22. The standard InChI is InChI=1S/C18H18N4/c1-12-11-14(12)17(13-5-3-2-4-6-13)21-16-8-7-15-18(22-16)20-10-9-19-15/h2-10,12,14,17H,11H2,1H3,(H,20,21,22). The first-order valence-corrected chi connectivity index (χ1v) is 7.70. The number of aromatic nitrogens is 3. The van der Waals surface area contributed by atoms with Gasteiger partial charge in [-0.2, -0.15) is 0 Å². The van der Waals surface area contributed by atoms with Gasteiger partial charge < -0.3 is 5.32 Å². The van der Waals surface area contributed by atoms with Gasteiger partial charge in [0.05, 0.1) is 6.04 Å². The molecule has 0 aliphatic heterocycles. The molecule has 1 N–H and O–H groups in total. The summed E-state index contributed by atoms with van der Waals surface area (Å²) in [6, 6.07) is 14.9. The van der Waals surface area contributed by atoms with Gasteiger partial charge in [0.25, 0.3) is 0 Å². The van der Waals surface area contributed by atoms with E-state index in [0.717, 1.165) is 17.3 Å². The second-order valence-corrected chi connectivity index (χ2v) is 6.01. The Hall–Kier alpha value is -2.49. The van der Waals surface area contributed by atoms with Crippen LogP contribution in [0, 0.1) is 11.8 Å². The van der Waals surface area contributed by atoms with Crippen molar-refractivity contribution in [2.75, 3.05) is 5.32 Å². The fourth-order valence-electron chi connectivity index (χ4n) is 3.01. The highest BCUT2D eigenvalue weighted by Gasteiger charge is 2.40. The molecule has 2 heterocycles. The van der Waals surface area contributed by atoms with Gasteiger partial charge >= 0.3 is 0 Å². The van der Waals surface area contributed by atoms with Gasteiger partial charge in [-0.05, 0) is 36.0 Å². The number of anilines is 1. The number of fused-ring (bicyclic) bond motifs is 1. The highest BCUT2D eigenvalue weighted by Crippen LogP contribution is 2.48. The van der Waals surface area contributed by atoms with Gasteiger partial charge in [0.1, 0.15) is 11.3 Å². The summed E-state index contributed by atoms with van der Waals surface area (Å²) in [4.78, 5) is 13.1. The molecule has 2 aromatic heterocycles. The third-order valence-corrected chi connectivity index (χ3v) is 4.39. The lowest BCUT2D eigenvalue weighted by Gasteiger charge is -2.20. The van der Waals surface area contributed by atoms with Gasteiger partial charge in [0.2, 0.25) is 0 Å². The monoisotopic (exact) mass is 290 g/mol. The number of rotatable bonds is 4. The summed E-state index contributed by atoms with van der Waals surface area (Å²) in [5, 5.41) is 3.60. The van der Waals surface area contributed by atoms with Crippen molar-refractivity contribution in [2.24, 2.45) is 11.8 Å². The van der Waals surface area contributed by atoms with Crippen LogP contribution in [0.3, 0.4) is 0 Å². The SMILES string of the molecule is CC1CC1C(Nc1ccc2nccnc2n1)c1ccccc1. The van der Waals surface area contributed by atoms with E-state index in [1.54, 1.807) is 12.4 Å². The molecule has 1 fully saturated rings. The quantitative estimate of drug-likeness (QED) is 0.793. The Morgan fingerprint density at radius 3 is 2.59 bits per heavy atom.